The number of esters is 3. The van der Waals surface area contributed by atoms with Crippen molar-refractivity contribution in [1.29, 1.82) is 0 Å². The van der Waals surface area contributed by atoms with E-state index in [0.29, 0.717) is 19.3 Å². The Labute approximate surface area is 506 Å². The fourth-order valence-electron chi connectivity index (χ4n) is 9.00. The first kappa shape index (κ1) is 77.3. The molecule has 0 saturated carbocycles. The lowest BCUT2D eigenvalue weighted by Gasteiger charge is -2.18. The van der Waals surface area contributed by atoms with Crippen LogP contribution < -0.4 is 0 Å². The quantitative estimate of drug-likeness (QED) is 0.0261. The van der Waals surface area contributed by atoms with Crippen molar-refractivity contribution in [2.75, 3.05) is 13.2 Å². The Bertz CT molecular complexity index is 1780. The predicted octanol–water partition coefficient (Wildman–Crippen LogP) is 23.5. The molecule has 0 N–H and O–H groups in total. The molecule has 6 heteroatoms. The monoisotopic (exact) mass is 1130 g/mol. The molecule has 1 atom stereocenters. The minimum atomic E-state index is -0.798. The van der Waals surface area contributed by atoms with Gasteiger partial charge >= 0.3 is 17.9 Å². The molecule has 0 saturated heterocycles. The Morgan fingerprint density at radius 1 is 0.256 bits per heavy atom. The third kappa shape index (κ3) is 66.1. The van der Waals surface area contributed by atoms with E-state index in [0.717, 1.165) is 161 Å². The fourth-order valence-corrected chi connectivity index (χ4v) is 9.00. The lowest BCUT2D eigenvalue weighted by Crippen LogP contribution is -2.30. The van der Waals surface area contributed by atoms with Gasteiger partial charge < -0.3 is 14.2 Å². The smallest absolute Gasteiger partial charge is 0.306 e. The number of unbranched alkanes of at least 4 members (excludes halogenated alkanes) is 25. The molecular weight excluding hydrogens is 1010 g/mol. The largest absolute Gasteiger partial charge is 0.462 e. The van der Waals surface area contributed by atoms with E-state index in [2.05, 4.69) is 167 Å². The van der Waals surface area contributed by atoms with Crippen LogP contribution in [0.15, 0.2) is 146 Å². The molecule has 0 radical (unpaired) electrons. The average Bonchev–Trinajstić information content (AvgIpc) is 3.48. The Hall–Kier alpha value is -4.71. The van der Waals surface area contributed by atoms with Crippen molar-refractivity contribution < 1.29 is 28.6 Å². The summed E-state index contributed by atoms with van der Waals surface area (Å²) in [4.78, 5) is 38.3. The summed E-state index contributed by atoms with van der Waals surface area (Å²) in [6.07, 6.45) is 98.7. The first-order chi connectivity index (χ1) is 40.5. The second-order valence-corrected chi connectivity index (χ2v) is 22.0. The molecule has 0 rings (SSSR count). The van der Waals surface area contributed by atoms with E-state index in [1.165, 1.54) is 96.3 Å². The summed E-state index contributed by atoms with van der Waals surface area (Å²) in [5.41, 5.74) is 0. The molecule has 0 aliphatic rings. The number of hydrogen-bond acceptors (Lipinski definition) is 6. The summed E-state index contributed by atoms with van der Waals surface area (Å²) in [5.74, 6) is -0.924. The van der Waals surface area contributed by atoms with Crippen molar-refractivity contribution in [3.8, 4) is 0 Å². The maximum absolute atomic E-state index is 12.9. The minimum Gasteiger partial charge on any atom is -0.462 e. The molecule has 0 heterocycles. The highest BCUT2D eigenvalue weighted by molar-refractivity contribution is 5.71. The summed E-state index contributed by atoms with van der Waals surface area (Å²) in [6, 6.07) is 0. The molecule has 1 unspecified atom stereocenters. The molecule has 0 bridgehead atoms. The molecule has 464 valence electrons. The zero-order valence-corrected chi connectivity index (χ0v) is 53.2. The molecular formula is C76H124O6. The topological polar surface area (TPSA) is 78.9 Å². The van der Waals surface area contributed by atoms with Gasteiger partial charge in [-0.15, -0.1) is 0 Å². The van der Waals surface area contributed by atoms with Gasteiger partial charge in [0.1, 0.15) is 13.2 Å². The molecule has 0 spiro atoms. The number of carbonyl (C=O) groups is 3. The maximum atomic E-state index is 12.9. The summed E-state index contributed by atoms with van der Waals surface area (Å²) < 4.78 is 16.9. The highest BCUT2D eigenvalue weighted by atomic mass is 16.6. The van der Waals surface area contributed by atoms with Crippen molar-refractivity contribution in [3.05, 3.63) is 146 Å². The van der Waals surface area contributed by atoms with Crippen molar-refractivity contribution in [1.82, 2.24) is 0 Å². The van der Waals surface area contributed by atoms with Gasteiger partial charge in [0.2, 0.25) is 0 Å². The molecule has 0 aromatic rings. The lowest BCUT2D eigenvalue weighted by molar-refractivity contribution is -0.167. The zero-order valence-electron chi connectivity index (χ0n) is 53.2. The summed E-state index contributed by atoms with van der Waals surface area (Å²) in [7, 11) is 0. The third-order valence-corrected chi connectivity index (χ3v) is 14.0. The number of hydrogen-bond donors (Lipinski definition) is 0. The first-order valence-corrected chi connectivity index (χ1v) is 33.8. The van der Waals surface area contributed by atoms with E-state index in [9.17, 15) is 14.4 Å². The standard InChI is InChI=1S/C76H124O6/c1-4-7-10-13-16-19-22-24-26-28-30-32-33-34-35-36-37-38-39-40-41-42-43-45-46-48-50-52-54-57-60-63-66-69-75(78)81-72-73(71-80-74(77)68-65-62-59-56-21-18-15-12-9-6-3)82-76(79)70-67-64-61-58-55-53-51-49-47-44-31-29-27-25-23-20-17-14-11-8-5-2/h7,10,12,15-16,19,23-26,29-32,34-35,37-38,40-41,43,45,47,49,73H,4-6,8-9,11,13-14,17-18,20-22,27-28,33,36,39,42,44,46,48,50-72H2,1-3H3/b10-7-,15-12-,19-16-,25-23-,26-24-,31-29-,32-30-,35-34-,38-37-,41-40-,45-43-,49-47-. The van der Waals surface area contributed by atoms with Crippen LogP contribution in [0.1, 0.15) is 297 Å². The number of allylic oxidation sites excluding steroid dienone is 24. The predicted molar refractivity (Wildman–Crippen MR) is 357 cm³/mol. The van der Waals surface area contributed by atoms with Gasteiger partial charge in [-0.25, -0.2) is 0 Å². The number of rotatable bonds is 60. The Morgan fingerprint density at radius 3 is 0.805 bits per heavy atom. The first-order valence-electron chi connectivity index (χ1n) is 33.8. The van der Waals surface area contributed by atoms with Gasteiger partial charge in [-0.1, -0.05) is 282 Å². The van der Waals surface area contributed by atoms with Crippen LogP contribution in [0, 0.1) is 0 Å². The fraction of sp³-hybridized carbons (Fsp3) is 0.645. The Morgan fingerprint density at radius 2 is 0.500 bits per heavy atom. The van der Waals surface area contributed by atoms with Gasteiger partial charge in [-0.2, -0.15) is 0 Å². The van der Waals surface area contributed by atoms with Crippen LogP contribution in [-0.2, 0) is 28.6 Å². The Balaban J connectivity index is 4.27. The SMILES string of the molecule is CC/C=C\C/C=C\C/C=C\C/C=C\C/C=C\C/C=C\C/C=C\C/C=C\CCCCCCCCCCC(=O)OCC(COC(=O)CCCCCCC/C=C\CCC)OC(=O)CCCCCCCC/C=C\C/C=C\C/C=C\CCCCCCC. The van der Waals surface area contributed by atoms with Crippen LogP contribution in [0.5, 0.6) is 0 Å². The number of carbonyl (C=O) groups excluding carboxylic acids is 3. The Kier molecular flexibility index (Phi) is 64.8. The molecule has 82 heavy (non-hydrogen) atoms. The van der Waals surface area contributed by atoms with Crippen molar-refractivity contribution >= 4 is 17.9 Å². The zero-order chi connectivity index (χ0) is 59.2. The lowest BCUT2D eigenvalue weighted by atomic mass is 10.1. The molecule has 0 fully saturated rings. The van der Waals surface area contributed by atoms with E-state index in [4.69, 9.17) is 14.2 Å². The van der Waals surface area contributed by atoms with E-state index in [-0.39, 0.29) is 31.1 Å². The number of ether oxygens (including phenoxy) is 3. The molecule has 0 aliphatic heterocycles. The van der Waals surface area contributed by atoms with Crippen LogP contribution in [0.4, 0.5) is 0 Å². The van der Waals surface area contributed by atoms with Crippen molar-refractivity contribution in [3.63, 3.8) is 0 Å². The normalized spacial score (nSPS) is 13.1. The van der Waals surface area contributed by atoms with Crippen LogP contribution in [0.25, 0.3) is 0 Å². The van der Waals surface area contributed by atoms with Gasteiger partial charge in [0.25, 0.3) is 0 Å². The van der Waals surface area contributed by atoms with E-state index in [1.807, 2.05) is 0 Å². The van der Waals surface area contributed by atoms with Gasteiger partial charge in [0, 0.05) is 19.3 Å². The molecule has 0 aromatic carbocycles. The van der Waals surface area contributed by atoms with Crippen molar-refractivity contribution in [2.24, 2.45) is 0 Å². The van der Waals surface area contributed by atoms with Crippen LogP contribution in [0.2, 0.25) is 0 Å². The van der Waals surface area contributed by atoms with E-state index in [1.54, 1.807) is 0 Å². The van der Waals surface area contributed by atoms with Crippen LogP contribution in [0.3, 0.4) is 0 Å². The maximum Gasteiger partial charge on any atom is 0.306 e. The van der Waals surface area contributed by atoms with E-state index < -0.39 is 6.10 Å². The van der Waals surface area contributed by atoms with Gasteiger partial charge in [-0.05, 0) is 141 Å². The summed E-state index contributed by atoms with van der Waals surface area (Å²) in [6.45, 7) is 6.43. The second kappa shape index (κ2) is 68.8. The van der Waals surface area contributed by atoms with Gasteiger partial charge in [0.15, 0.2) is 6.10 Å². The summed E-state index contributed by atoms with van der Waals surface area (Å²) >= 11 is 0. The second-order valence-electron chi connectivity index (χ2n) is 22.0. The van der Waals surface area contributed by atoms with E-state index >= 15 is 0 Å². The van der Waals surface area contributed by atoms with Crippen LogP contribution in [-0.4, -0.2) is 37.2 Å². The third-order valence-electron chi connectivity index (χ3n) is 14.0. The van der Waals surface area contributed by atoms with Crippen molar-refractivity contribution in [2.45, 2.75) is 303 Å². The van der Waals surface area contributed by atoms with Gasteiger partial charge in [0.05, 0.1) is 0 Å². The molecule has 6 nitrogen and oxygen atoms in total. The molecule has 0 amide bonds. The van der Waals surface area contributed by atoms with Crippen LogP contribution >= 0.6 is 0 Å². The minimum absolute atomic E-state index is 0.0940. The highest BCUT2D eigenvalue weighted by Crippen LogP contribution is 2.15. The highest BCUT2D eigenvalue weighted by Gasteiger charge is 2.19. The van der Waals surface area contributed by atoms with Gasteiger partial charge in [-0.3, -0.25) is 14.4 Å². The molecule has 0 aromatic heterocycles. The molecule has 0 aliphatic carbocycles. The summed E-state index contributed by atoms with van der Waals surface area (Å²) in [5, 5.41) is 0. The average molecular weight is 1130 g/mol.